The number of halogens is 2. The quantitative estimate of drug-likeness (QED) is 0.782. The van der Waals surface area contributed by atoms with Gasteiger partial charge in [-0.25, -0.2) is 14.4 Å². The van der Waals surface area contributed by atoms with E-state index in [-0.39, 0.29) is 5.82 Å². The normalized spacial score (nSPS) is 10.7. The van der Waals surface area contributed by atoms with E-state index < -0.39 is 0 Å². The fraction of sp³-hybridized carbons (Fsp3) is 0. The molecule has 0 atom stereocenters. The lowest BCUT2D eigenvalue weighted by Gasteiger charge is -2.09. The Morgan fingerprint density at radius 3 is 2.75 bits per heavy atom. The van der Waals surface area contributed by atoms with Crippen molar-refractivity contribution in [1.82, 2.24) is 14.5 Å². The molecule has 0 amide bonds. The molecule has 0 unspecified atom stereocenters. The third-order valence-electron chi connectivity index (χ3n) is 2.89. The Labute approximate surface area is 123 Å². The number of hydrogen-bond donors (Lipinski definition) is 1. The van der Waals surface area contributed by atoms with Crippen molar-refractivity contribution in [2.75, 3.05) is 5.73 Å². The van der Waals surface area contributed by atoms with Crippen LogP contribution in [0.15, 0.2) is 53.5 Å². The molecule has 0 aliphatic carbocycles. The molecule has 2 N–H and O–H groups in total. The average Bonchev–Trinajstić information content (AvgIpc) is 2.91. The van der Waals surface area contributed by atoms with Crippen LogP contribution in [-0.4, -0.2) is 14.5 Å². The molecule has 0 bridgehead atoms. The van der Waals surface area contributed by atoms with Gasteiger partial charge in [-0.15, -0.1) is 0 Å². The molecular formula is C14H10BrFN4. The van der Waals surface area contributed by atoms with Crippen molar-refractivity contribution in [2.45, 2.75) is 0 Å². The molecule has 6 heteroatoms. The van der Waals surface area contributed by atoms with E-state index in [1.807, 2.05) is 6.07 Å². The zero-order chi connectivity index (χ0) is 14.1. The van der Waals surface area contributed by atoms with Gasteiger partial charge in [-0.1, -0.05) is 15.9 Å². The summed E-state index contributed by atoms with van der Waals surface area (Å²) < 4.78 is 16.5. The molecule has 20 heavy (non-hydrogen) atoms. The van der Waals surface area contributed by atoms with Gasteiger partial charge < -0.3 is 5.73 Å². The Bertz CT molecular complexity index is 752. The predicted molar refractivity (Wildman–Crippen MR) is 78.9 cm³/mol. The highest BCUT2D eigenvalue weighted by Crippen LogP contribution is 2.26. The van der Waals surface area contributed by atoms with Crippen molar-refractivity contribution >= 4 is 21.7 Å². The monoisotopic (exact) mass is 332 g/mol. The first-order valence-electron chi connectivity index (χ1n) is 5.85. The second-order valence-electron chi connectivity index (χ2n) is 4.22. The van der Waals surface area contributed by atoms with Gasteiger partial charge in [0.25, 0.3) is 0 Å². The molecule has 0 saturated heterocycles. The molecule has 0 radical (unpaired) electrons. The summed E-state index contributed by atoms with van der Waals surface area (Å²) in [6.07, 6.45) is 4.86. The molecule has 4 nitrogen and oxygen atoms in total. The van der Waals surface area contributed by atoms with Crippen molar-refractivity contribution in [1.29, 1.82) is 0 Å². The number of nitrogen functional groups attached to an aromatic ring is 1. The first-order valence-corrected chi connectivity index (χ1v) is 6.64. The number of anilines is 1. The second kappa shape index (κ2) is 5.05. The van der Waals surface area contributed by atoms with Crippen molar-refractivity contribution in [3.63, 3.8) is 0 Å². The van der Waals surface area contributed by atoms with Crippen LogP contribution in [0.25, 0.3) is 16.9 Å². The van der Waals surface area contributed by atoms with Crippen molar-refractivity contribution < 1.29 is 4.39 Å². The zero-order valence-corrected chi connectivity index (χ0v) is 11.9. The summed E-state index contributed by atoms with van der Waals surface area (Å²) in [5, 5.41) is 0. The van der Waals surface area contributed by atoms with E-state index >= 15 is 0 Å². The summed E-state index contributed by atoms with van der Waals surface area (Å²) in [6, 6.07) is 8.28. The average molecular weight is 333 g/mol. The number of hydrogen-bond acceptors (Lipinski definition) is 3. The van der Waals surface area contributed by atoms with Crippen LogP contribution in [0.2, 0.25) is 0 Å². The van der Waals surface area contributed by atoms with Gasteiger partial charge in [0.1, 0.15) is 11.6 Å². The number of rotatable bonds is 2. The summed E-state index contributed by atoms with van der Waals surface area (Å²) in [6.45, 7) is 0. The maximum absolute atomic E-state index is 14.0. The molecule has 0 fully saturated rings. The van der Waals surface area contributed by atoms with E-state index in [1.54, 1.807) is 41.5 Å². The lowest BCUT2D eigenvalue weighted by atomic mass is 10.2. The SMILES string of the molecule is Nc1ccc(-c2cncn2-c2cc(Br)ccc2F)cn1. The highest BCUT2D eigenvalue weighted by molar-refractivity contribution is 9.10. The molecule has 0 aliphatic rings. The van der Waals surface area contributed by atoms with Gasteiger partial charge in [0.2, 0.25) is 0 Å². The van der Waals surface area contributed by atoms with Crippen molar-refractivity contribution in [2.24, 2.45) is 0 Å². The highest BCUT2D eigenvalue weighted by Gasteiger charge is 2.11. The highest BCUT2D eigenvalue weighted by atomic mass is 79.9. The molecule has 2 heterocycles. The molecule has 0 spiro atoms. The maximum Gasteiger partial charge on any atom is 0.147 e. The van der Waals surface area contributed by atoms with Gasteiger partial charge in [-0.2, -0.15) is 0 Å². The summed E-state index contributed by atoms with van der Waals surface area (Å²) in [7, 11) is 0. The van der Waals surface area contributed by atoms with Crippen LogP contribution >= 0.6 is 15.9 Å². The summed E-state index contributed by atoms with van der Waals surface area (Å²) in [5.41, 5.74) is 7.55. The minimum absolute atomic E-state index is 0.323. The van der Waals surface area contributed by atoms with Gasteiger partial charge in [-0.3, -0.25) is 4.57 Å². The molecule has 3 rings (SSSR count). The number of imidazole rings is 1. The molecule has 2 aromatic heterocycles. The van der Waals surface area contributed by atoms with E-state index in [2.05, 4.69) is 25.9 Å². The molecule has 0 saturated carbocycles. The molecule has 3 aromatic rings. The third-order valence-corrected chi connectivity index (χ3v) is 3.38. The van der Waals surface area contributed by atoms with Crippen LogP contribution in [0, 0.1) is 5.82 Å². The minimum atomic E-state index is -0.323. The lowest BCUT2D eigenvalue weighted by Crippen LogP contribution is -1.99. The minimum Gasteiger partial charge on any atom is -0.384 e. The van der Waals surface area contributed by atoms with Gasteiger partial charge in [0, 0.05) is 16.2 Å². The standard InChI is InChI=1S/C14H10BrFN4/c15-10-2-3-11(16)12(5-10)20-8-18-7-13(20)9-1-4-14(17)19-6-9/h1-8H,(H2,17,19). The molecule has 1 aromatic carbocycles. The van der Waals surface area contributed by atoms with Crippen LogP contribution in [0.5, 0.6) is 0 Å². The smallest absolute Gasteiger partial charge is 0.147 e. The van der Waals surface area contributed by atoms with E-state index in [0.29, 0.717) is 11.5 Å². The fourth-order valence-corrected chi connectivity index (χ4v) is 2.28. The summed E-state index contributed by atoms with van der Waals surface area (Å²) in [4.78, 5) is 8.13. The van der Waals surface area contributed by atoms with Gasteiger partial charge in [-0.05, 0) is 30.3 Å². The number of nitrogens with zero attached hydrogens (tertiary/aromatic N) is 3. The van der Waals surface area contributed by atoms with Crippen molar-refractivity contribution in [3.05, 3.63) is 59.3 Å². The first kappa shape index (κ1) is 12.8. The largest absolute Gasteiger partial charge is 0.384 e. The lowest BCUT2D eigenvalue weighted by molar-refractivity contribution is 0.618. The molecule has 100 valence electrons. The Kier molecular flexibility index (Phi) is 3.23. The predicted octanol–water partition coefficient (Wildman–Crippen LogP) is 3.42. The Balaban J connectivity index is 2.15. The van der Waals surface area contributed by atoms with E-state index in [1.165, 1.54) is 6.07 Å². The number of pyridine rings is 1. The van der Waals surface area contributed by atoms with Gasteiger partial charge >= 0.3 is 0 Å². The van der Waals surface area contributed by atoms with Crippen LogP contribution in [0.1, 0.15) is 0 Å². The Morgan fingerprint density at radius 1 is 1.15 bits per heavy atom. The zero-order valence-electron chi connectivity index (χ0n) is 10.3. The topological polar surface area (TPSA) is 56.7 Å². The van der Waals surface area contributed by atoms with Crippen LogP contribution in [-0.2, 0) is 0 Å². The number of aromatic nitrogens is 3. The third kappa shape index (κ3) is 2.30. The van der Waals surface area contributed by atoms with Gasteiger partial charge in [0.05, 0.1) is 23.9 Å². The van der Waals surface area contributed by atoms with Crippen molar-refractivity contribution in [3.8, 4) is 16.9 Å². The van der Waals surface area contributed by atoms with E-state index in [9.17, 15) is 4.39 Å². The maximum atomic E-state index is 14.0. The Hall–Kier alpha value is -2.21. The molecular weight excluding hydrogens is 323 g/mol. The Morgan fingerprint density at radius 2 is 2.00 bits per heavy atom. The fourth-order valence-electron chi connectivity index (χ4n) is 1.93. The van der Waals surface area contributed by atoms with Crippen LogP contribution in [0.3, 0.4) is 0 Å². The van der Waals surface area contributed by atoms with E-state index in [4.69, 9.17) is 5.73 Å². The van der Waals surface area contributed by atoms with Crippen LogP contribution in [0.4, 0.5) is 10.2 Å². The van der Waals surface area contributed by atoms with Gasteiger partial charge in [0.15, 0.2) is 0 Å². The summed E-state index contributed by atoms with van der Waals surface area (Å²) in [5.74, 6) is 0.115. The number of nitrogens with two attached hydrogens (primary N) is 1. The molecule has 0 aliphatic heterocycles. The number of benzene rings is 1. The van der Waals surface area contributed by atoms with E-state index in [0.717, 1.165) is 15.7 Å². The second-order valence-corrected chi connectivity index (χ2v) is 5.13. The summed E-state index contributed by atoms with van der Waals surface area (Å²) >= 11 is 3.34. The first-order chi connectivity index (χ1) is 9.65. The van der Waals surface area contributed by atoms with Crippen LogP contribution < -0.4 is 5.73 Å².